The summed E-state index contributed by atoms with van der Waals surface area (Å²) in [6.45, 7) is 3.41. The molecular weight excluding hydrogens is 116 g/mol. The van der Waals surface area contributed by atoms with E-state index in [0.717, 1.165) is 12.6 Å². The quantitative estimate of drug-likeness (QED) is 0.417. The summed E-state index contributed by atoms with van der Waals surface area (Å²) in [5, 5.41) is 0. The van der Waals surface area contributed by atoms with Crippen molar-refractivity contribution in [1.29, 1.82) is 0 Å². The van der Waals surface area contributed by atoms with Gasteiger partial charge in [-0.2, -0.15) is 0 Å². The smallest absolute Gasteiger partial charge is 0.145 e. The number of carbonyl (C=O) groups excluding carboxylic acids is 2. The van der Waals surface area contributed by atoms with Crippen molar-refractivity contribution in [2.24, 2.45) is 5.92 Å². The highest BCUT2D eigenvalue weighted by atomic mass is 16.1. The SMILES string of the molecule is CC(C=O)=CC(C)C=O. The van der Waals surface area contributed by atoms with E-state index in [1.165, 1.54) is 0 Å². The number of hydrogen-bond donors (Lipinski definition) is 0. The molecule has 0 N–H and O–H groups in total. The predicted molar refractivity (Wildman–Crippen MR) is 35.0 cm³/mol. The van der Waals surface area contributed by atoms with E-state index in [-0.39, 0.29) is 5.92 Å². The lowest BCUT2D eigenvalue weighted by molar-refractivity contribution is -0.109. The maximum atomic E-state index is 10.00. The molecule has 9 heavy (non-hydrogen) atoms. The van der Waals surface area contributed by atoms with Crippen LogP contribution in [0.5, 0.6) is 0 Å². The van der Waals surface area contributed by atoms with Crippen LogP contribution in [0, 0.1) is 5.92 Å². The maximum absolute atomic E-state index is 10.00. The molecule has 0 aliphatic carbocycles. The highest BCUT2D eigenvalue weighted by molar-refractivity contribution is 5.73. The molecule has 0 saturated carbocycles. The molecule has 0 aliphatic heterocycles. The number of hydrogen-bond acceptors (Lipinski definition) is 2. The summed E-state index contributed by atoms with van der Waals surface area (Å²) >= 11 is 0. The predicted octanol–water partition coefficient (Wildman–Crippen LogP) is 0.967. The Morgan fingerprint density at radius 1 is 1.44 bits per heavy atom. The molecule has 0 rings (SSSR count). The van der Waals surface area contributed by atoms with Gasteiger partial charge in [-0.25, -0.2) is 0 Å². The summed E-state index contributed by atoms with van der Waals surface area (Å²) in [7, 11) is 0. The minimum Gasteiger partial charge on any atom is -0.303 e. The van der Waals surface area contributed by atoms with Crippen molar-refractivity contribution in [1.82, 2.24) is 0 Å². The lowest BCUT2D eigenvalue weighted by Crippen LogP contribution is -1.91. The third-order valence-corrected chi connectivity index (χ3v) is 0.926. The molecule has 0 bridgehead atoms. The lowest BCUT2D eigenvalue weighted by Gasteiger charge is -1.91. The molecule has 2 nitrogen and oxygen atoms in total. The zero-order chi connectivity index (χ0) is 7.28. The Kier molecular flexibility index (Phi) is 3.60. The third kappa shape index (κ3) is 3.64. The van der Waals surface area contributed by atoms with Gasteiger partial charge in [-0.15, -0.1) is 0 Å². The summed E-state index contributed by atoms with van der Waals surface area (Å²) in [6, 6.07) is 0. The van der Waals surface area contributed by atoms with Crippen molar-refractivity contribution in [2.75, 3.05) is 0 Å². The third-order valence-electron chi connectivity index (χ3n) is 0.926. The molecule has 50 valence electrons. The van der Waals surface area contributed by atoms with Gasteiger partial charge in [0.2, 0.25) is 0 Å². The highest BCUT2D eigenvalue weighted by Gasteiger charge is 1.92. The molecule has 0 amide bonds. The summed E-state index contributed by atoms with van der Waals surface area (Å²) in [6.07, 6.45) is 3.16. The minimum absolute atomic E-state index is 0.143. The number of allylic oxidation sites excluding steroid dienone is 2. The van der Waals surface area contributed by atoms with Gasteiger partial charge < -0.3 is 4.79 Å². The van der Waals surface area contributed by atoms with E-state index in [1.54, 1.807) is 19.9 Å². The van der Waals surface area contributed by atoms with Crippen LogP contribution in [0.3, 0.4) is 0 Å². The van der Waals surface area contributed by atoms with Crippen LogP contribution < -0.4 is 0 Å². The van der Waals surface area contributed by atoms with Crippen molar-refractivity contribution in [3.8, 4) is 0 Å². The van der Waals surface area contributed by atoms with Crippen molar-refractivity contribution in [2.45, 2.75) is 13.8 Å². The Morgan fingerprint density at radius 2 is 2.00 bits per heavy atom. The van der Waals surface area contributed by atoms with Crippen LogP contribution in [0.4, 0.5) is 0 Å². The van der Waals surface area contributed by atoms with E-state index >= 15 is 0 Å². The Hall–Kier alpha value is -0.920. The molecule has 0 heterocycles. The van der Waals surface area contributed by atoms with Crippen molar-refractivity contribution in [3.05, 3.63) is 11.6 Å². The van der Waals surface area contributed by atoms with Gasteiger partial charge in [0.05, 0.1) is 0 Å². The van der Waals surface area contributed by atoms with E-state index < -0.39 is 0 Å². The molecule has 0 spiro atoms. The van der Waals surface area contributed by atoms with Crippen LogP contribution in [0.25, 0.3) is 0 Å². The molecule has 1 atom stereocenters. The van der Waals surface area contributed by atoms with Crippen molar-refractivity contribution < 1.29 is 9.59 Å². The monoisotopic (exact) mass is 126 g/mol. The van der Waals surface area contributed by atoms with Crippen molar-refractivity contribution >= 4 is 12.6 Å². The Morgan fingerprint density at radius 3 is 2.33 bits per heavy atom. The molecule has 0 aromatic carbocycles. The second-order valence-corrected chi connectivity index (χ2v) is 2.02. The average molecular weight is 126 g/mol. The molecule has 2 heteroatoms. The first-order chi connectivity index (χ1) is 4.20. The van der Waals surface area contributed by atoms with Crippen LogP contribution in [-0.4, -0.2) is 12.6 Å². The van der Waals surface area contributed by atoms with E-state index in [9.17, 15) is 9.59 Å². The fraction of sp³-hybridized carbons (Fsp3) is 0.429. The molecule has 0 saturated heterocycles. The first kappa shape index (κ1) is 8.08. The van der Waals surface area contributed by atoms with E-state index in [0.29, 0.717) is 5.57 Å². The Bertz CT molecular complexity index is 136. The summed E-state index contributed by atoms with van der Waals surface area (Å²) < 4.78 is 0. The molecule has 0 fully saturated rings. The molecule has 0 aromatic heterocycles. The molecule has 0 aromatic rings. The zero-order valence-electron chi connectivity index (χ0n) is 5.63. The van der Waals surface area contributed by atoms with E-state index in [2.05, 4.69) is 0 Å². The average Bonchev–Trinajstić information content (AvgIpc) is 1.87. The molecule has 0 aliphatic rings. The summed E-state index contributed by atoms with van der Waals surface area (Å²) in [4.78, 5) is 20.0. The molecular formula is C7H10O2. The maximum Gasteiger partial charge on any atom is 0.145 e. The van der Waals surface area contributed by atoms with Crippen molar-refractivity contribution in [3.63, 3.8) is 0 Å². The second-order valence-electron chi connectivity index (χ2n) is 2.02. The van der Waals surface area contributed by atoms with Gasteiger partial charge in [-0.1, -0.05) is 13.0 Å². The summed E-state index contributed by atoms with van der Waals surface area (Å²) in [5.41, 5.74) is 0.606. The van der Waals surface area contributed by atoms with Gasteiger partial charge in [0.25, 0.3) is 0 Å². The van der Waals surface area contributed by atoms with Gasteiger partial charge in [0, 0.05) is 5.92 Å². The summed E-state index contributed by atoms with van der Waals surface area (Å²) in [5.74, 6) is -0.143. The van der Waals surface area contributed by atoms with Gasteiger partial charge in [0.1, 0.15) is 12.6 Å². The van der Waals surface area contributed by atoms with Crippen LogP contribution >= 0.6 is 0 Å². The topological polar surface area (TPSA) is 34.1 Å². The van der Waals surface area contributed by atoms with Crippen LogP contribution in [0.15, 0.2) is 11.6 Å². The fourth-order valence-corrected chi connectivity index (χ4v) is 0.493. The van der Waals surface area contributed by atoms with E-state index in [1.807, 2.05) is 0 Å². The molecule has 1 unspecified atom stereocenters. The largest absolute Gasteiger partial charge is 0.303 e. The normalized spacial score (nSPS) is 14.7. The second kappa shape index (κ2) is 4.01. The molecule has 0 radical (unpaired) electrons. The van der Waals surface area contributed by atoms with Crippen LogP contribution in [0.1, 0.15) is 13.8 Å². The Balaban J connectivity index is 3.92. The fourth-order valence-electron chi connectivity index (χ4n) is 0.493. The zero-order valence-corrected chi connectivity index (χ0v) is 5.63. The van der Waals surface area contributed by atoms with Gasteiger partial charge >= 0.3 is 0 Å². The first-order valence-corrected chi connectivity index (χ1v) is 2.79. The minimum atomic E-state index is -0.143. The van der Waals surface area contributed by atoms with Crippen LogP contribution in [-0.2, 0) is 9.59 Å². The van der Waals surface area contributed by atoms with E-state index in [4.69, 9.17) is 0 Å². The highest BCUT2D eigenvalue weighted by Crippen LogP contribution is 1.95. The van der Waals surface area contributed by atoms with Gasteiger partial charge in [0.15, 0.2) is 0 Å². The lowest BCUT2D eigenvalue weighted by atomic mass is 10.1. The Labute approximate surface area is 54.6 Å². The first-order valence-electron chi connectivity index (χ1n) is 2.79. The number of aldehydes is 2. The van der Waals surface area contributed by atoms with Gasteiger partial charge in [-0.05, 0) is 12.5 Å². The van der Waals surface area contributed by atoms with Gasteiger partial charge in [-0.3, -0.25) is 4.79 Å². The standard InChI is InChI=1S/C7H10O2/c1-6(4-8)3-7(2)5-9/h3-6H,1-2H3. The number of rotatable bonds is 3. The number of carbonyl (C=O) groups is 2. The van der Waals surface area contributed by atoms with Crippen LogP contribution in [0.2, 0.25) is 0 Å².